The van der Waals surface area contributed by atoms with E-state index in [2.05, 4.69) is 45.2 Å². The Morgan fingerprint density at radius 2 is 2.00 bits per heavy atom. The van der Waals surface area contributed by atoms with Gasteiger partial charge in [0.25, 0.3) is 0 Å². The Morgan fingerprint density at radius 1 is 1.20 bits per heavy atom. The van der Waals surface area contributed by atoms with Gasteiger partial charge in [-0.25, -0.2) is 0 Å². The largest absolute Gasteiger partial charge is 1.00 e. The number of allylic oxidation sites excluding steroid dienone is 8. The van der Waals surface area contributed by atoms with Crippen LogP contribution in [0.25, 0.3) is 0 Å². The van der Waals surface area contributed by atoms with Gasteiger partial charge in [0.2, 0.25) is 0 Å². The second-order valence-corrected chi connectivity index (χ2v) is 25.0. The van der Waals surface area contributed by atoms with Crippen molar-refractivity contribution < 1.29 is 25.8 Å². The molecule has 0 heterocycles. The van der Waals surface area contributed by atoms with Crippen LogP contribution in [0.2, 0.25) is 14.8 Å². The molecule has 0 saturated heterocycles. The second kappa shape index (κ2) is 4.87. The van der Waals surface area contributed by atoms with E-state index in [9.17, 15) is 0 Å². The minimum atomic E-state index is -1.79. The predicted octanol–water partition coefficient (Wildman–Crippen LogP) is 4.23. The predicted molar refractivity (Wildman–Crippen MR) is 68.2 cm³/mol. The fraction of sp³-hybridized carbons (Fsp3) is 0.385. The molecule has 0 spiro atoms. The van der Waals surface area contributed by atoms with Crippen molar-refractivity contribution in [2.75, 3.05) is 0 Å². The zero-order valence-corrected chi connectivity index (χ0v) is 16.2. The standard InChI is InChI=1S/C5H5.C5H4.3CH3.Hf.Sn.2H/c2*1-2-4-5-3-1;;;;;;;/h1-3H,4H2;1-2H,3H2;3*1H3;;;;/q;;;;;+2;;2*-1. The summed E-state index contributed by atoms with van der Waals surface area (Å²) in [5.74, 6) is 0. The Labute approximate surface area is 111 Å². The molecule has 80 valence electrons. The van der Waals surface area contributed by atoms with Crippen molar-refractivity contribution in [2.45, 2.75) is 27.7 Å². The zero-order chi connectivity index (χ0) is 10.9. The van der Waals surface area contributed by atoms with E-state index in [-0.39, 0.29) is 2.85 Å². The molecule has 0 fully saturated rings. The van der Waals surface area contributed by atoms with Crippen LogP contribution in [0, 0.1) is 0 Å². The first-order valence-electron chi connectivity index (χ1n) is 5.60. The van der Waals surface area contributed by atoms with Crippen molar-refractivity contribution in [3.05, 3.63) is 40.6 Å². The van der Waals surface area contributed by atoms with Crippen molar-refractivity contribution in [3.8, 4) is 0 Å². The molecular formula is C13H20HfSn. The molecule has 0 bridgehead atoms. The molecule has 2 heteroatoms. The molecule has 0 aromatic heterocycles. The summed E-state index contributed by atoms with van der Waals surface area (Å²) in [7, 11) is 0. The van der Waals surface area contributed by atoms with E-state index in [1.165, 1.54) is 12.8 Å². The van der Waals surface area contributed by atoms with Gasteiger partial charge < -0.3 is 2.85 Å². The molecule has 0 aliphatic heterocycles. The monoisotopic (exact) mass is 476 g/mol. The van der Waals surface area contributed by atoms with Crippen LogP contribution in [0.5, 0.6) is 0 Å². The fourth-order valence-electron chi connectivity index (χ4n) is 2.06. The minimum absolute atomic E-state index is 0. The first-order valence-corrected chi connectivity index (χ1v) is 19.2. The van der Waals surface area contributed by atoms with Crippen LogP contribution < -0.4 is 0 Å². The van der Waals surface area contributed by atoms with Gasteiger partial charge in [-0.05, 0) is 0 Å². The Hall–Kier alpha value is 0.629. The quantitative estimate of drug-likeness (QED) is 0.539. The summed E-state index contributed by atoms with van der Waals surface area (Å²) in [6, 6.07) is 0. The fourth-order valence-corrected chi connectivity index (χ4v) is 21.6. The van der Waals surface area contributed by atoms with Gasteiger partial charge in [0.05, 0.1) is 0 Å². The molecule has 0 amide bonds. The van der Waals surface area contributed by atoms with Crippen molar-refractivity contribution in [1.29, 1.82) is 0 Å². The molecule has 15 heavy (non-hydrogen) atoms. The van der Waals surface area contributed by atoms with Crippen LogP contribution in [-0.2, 0) is 22.9 Å². The Morgan fingerprint density at radius 3 is 2.60 bits per heavy atom. The van der Waals surface area contributed by atoms with Gasteiger partial charge >= 0.3 is 110 Å². The van der Waals surface area contributed by atoms with E-state index in [0.29, 0.717) is 0 Å². The molecule has 0 nitrogen and oxygen atoms in total. The topological polar surface area (TPSA) is 0 Å². The molecular weight excluding hydrogens is 453 g/mol. The third-order valence-electron chi connectivity index (χ3n) is 2.82. The van der Waals surface area contributed by atoms with Gasteiger partial charge in [-0.2, -0.15) is 0 Å². The van der Waals surface area contributed by atoms with E-state index < -0.39 is 41.3 Å². The second-order valence-electron chi connectivity index (χ2n) is 5.20. The van der Waals surface area contributed by atoms with E-state index in [0.717, 1.165) is 0 Å². The van der Waals surface area contributed by atoms with Gasteiger partial charge in [-0.1, -0.05) is 0 Å². The van der Waals surface area contributed by atoms with E-state index in [1.54, 1.807) is 3.33 Å². The molecule has 0 saturated carbocycles. The maximum atomic E-state index is 2.55. The van der Waals surface area contributed by atoms with Gasteiger partial charge in [0.1, 0.15) is 0 Å². The smallest absolute Gasteiger partial charge is 1.00 e. The van der Waals surface area contributed by atoms with Crippen molar-refractivity contribution in [2.24, 2.45) is 0 Å². The third kappa shape index (κ3) is 3.06. The molecule has 0 N–H and O–H groups in total. The molecule has 0 unspecified atom stereocenters. The van der Waals surface area contributed by atoms with E-state index in [1.807, 2.05) is 6.92 Å². The first kappa shape index (κ1) is 12.1. The summed E-state index contributed by atoms with van der Waals surface area (Å²) < 4.78 is 5.55. The zero-order valence-electron chi connectivity index (χ0n) is 11.8. The van der Waals surface area contributed by atoms with Gasteiger partial charge in [-0.15, -0.1) is 0 Å². The average molecular weight is 474 g/mol. The number of hydrogen-bond acceptors (Lipinski definition) is 0. The van der Waals surface area contributed by atoms with Crippen LogP contribution in [0.1, 0.15) is 15.7 Å². The molecule has 2 aliphatic rings. The summed E-state index contributed by atoms with van der Waals surface area (Å²) in [6.45, 7) is 0. The summed E-state index contributed by atoms with van der Waals surface area (Å²) in [6.07, 6.45) is 14.4. The average Bonchev–Trinajstić information content (AvgIpc) is 2.73. The van der Waals surface area contributed by atoms with Crippen molar-refractivity contribution in [1.82, 2.24) is 0 Å². The maximum Gasteiger partial charge on any atom is -1.00 e. The van der Waals surface area contributed by atoms with Crippen LogP contribution in [0.3, 0.4) is 0 Å². The molecule has 0 radical (unpaired) electrons. The van der Waals surface area contributed by atoms with Crippen molar-refractivity contribution in [3.63, 3.8) is 0 Å². The van der Waals surface area contributed by atoms with E-state index in [4.69, 9.17) is 0 Å². The normalized spacial score (nSPS) is 19.8. The third-order valence-corrected chi connectivity index (χ3v) is 16.6. The molecule has 0 atom stereocenters. The molecule has 2 aliphatic carbocycles. The van der Waals surface area contributed by atoms with Gasteiger partial charge in [-0.3, -0.25) is 0 Å². The van der Waals surface area contributed by atoms with Crippen LogP contribution in [-0.4, -0.2) is 18.4 Å². The van der Waals surface area contributed by atoms with Crippen LogP contribution >= 0.6 is 0 Å². The summed E-state index contributed by atoms with van der Waals surface area (Å²) >= 11 is -2.41. The van der Waals surface area contributed by atoms with E-state index >= 15 is 0 Å². The molecule has 2 rings (SSSR count). The first-order chi connectivity index (χ1) is 7.07. The van der Waals surface area contributed by atoms with Crippen LogP contribution in [0.15, 0.2) is 40.6 Å². The Kier molecular flexibility index (Phi) is 3.92. The number of rotatable bonds is 3. The maximum absolute atomic E-state index is 2.55. The van der Waals surface area contributed by atoms with Gasteiger partial charge in [0.15, 0.2) is 0 Å². The van der Waals surface area contributed by atoms with Crippen LogP contribution in [0.4, 0.5) is 0 Å². The molecule has 0 aromatic carbocycles. The number of hydrogen-bond donors (Lipinski definition) is 0. The Bertz CT molecular complexity index is 387. The SMILES string of the molecule is [CH3][Sn]([CH3])([CH3])[C]1=[C]([Hf+2][C]2=CC=CC2)CC=C1.[H-].[H-]. The summed E-state index contributed by atoms with van der Waals surface area (Å²) in [5, 5.41) is 0. The Balaban J connectivity index is 0.00000128. The summed E-state index contributed by atoms with van der Waals surface area (Å²) in [4.78, 5) is 7.64. The minimum Gasteiger partial charge on any atom is -1.00 e. The van der Waals surface area contributed by atoms with Crippen molar-refractivity contribution >= 4 is 18.4 Å². The molecule has 0 aromatic rings. The van der Waals surface area contributed by atoms with Gasteiger partial charge in [0, 0.05) is 0 Å². The summed E-state index contributed by atoms with van der Waals surface area (Å²) in [5.41, 5.74) is 0.